The van der Waals surface area contributed by atoms with Crippen molar-refractivity contribution in [1.82, 2.24) is 18.4 Å². The van der Waals surface area contributed by atoms with Crippen LogP contribution in [0.25, 0.3) is 0 Å². The molecule has 0 unspecified atom stereocenters. The first kappa shape index (κ1) is 67.6. The summed E-state index contributed by atoms with van der Waals surface area (Å²) in [5.41, 5.74) is 1.58. The predicted molar refractivity (Wildman–Crippen MR) is 318 cm³/mol. The summed E-state index contributed by atoms with van der Waals surface area (Å²) < 4.78 is 99.5. The quantitative estimate of drug-likeness (QED) is 0.0365. The minimum atomic E-state index is -3.98. The monoisotopic (exact) mass is 1290 g/mol. The highest BCUT2D eigenvalue weighted by atomic mass is 32.2. The van der Waals surface area contributed by atoms with Crippen molar-refractivity contribution < 1.29 is 78.8 Å². The third-order valence-electron chi connectivity index (χ3n) is 13.6. The Labute approximate surface area is 506 Å². The Bertz CT molecular complexity index is 3560. The minimum absolute atomic E-state index is 0.000684. The Morgan fingerprint density at radius 3 is 1.06 bits per heavy atom. The first-order valence-corrected chi connectivity index (χ1v) is 33.0. The van der Waals surface area contributed by atoms with Gasteiger partial charge in [0.15, 0.2) is 37.2 Å². The fraction of sp³-hybridized carbons (Fsp3) is 0.352. The number of ether oxygens (including phenoxy) is 3. The van der Waals surface area contributed by atoms with E-state index in [9.17, 15) is 55.6 Å². The third kappa shape index (κ3) is 16.7. The smallest absolute Gasteiger partial charge is 0.323 e. The van der Waals surface area contributed by atoms with Crippen molar-refractivity contribution in [3.63, 3.8) is 0 Å². The molecule has 6 aromatic rings. The van der Waals surface area contributed by atoms with Crippen LogP contribution in [0, 0.1) is 15.6 Å². The van der Waals surface area contributed by atoms with Gasteiger partial charge in [-0.3, -0.25) is 14.8 Å². The van der Waals surface area contributed by atoms with Gasteiger partial charge in [0, 0.05) is 93.6 Å². The lowest BCUT2D eigenvalue weighted by Gasteiger charge is -2.43. The zero-order valence-electron chi connectivity index (χ0n) is 47.1. The molecule has 6 N–H and O–H groups in total. The number of pyridine rings is 3. The Morgan fingerprint density at radius 2 is 0.753 bits per heavy atom. The van der Waals surface area contributed by atoms with Crippen molar-refractivity contribution in [2.45, 2.75) is 95.5 Å². The number of amides is 1. The number of nitrogens with two attached hydrogens (primary N) is 1. The van der Waals surface area contributed by atoms with Crippen molar-refractivity contribution in [2.75, 3.05) is 36.9 Å². The molecule has 3 saturated heterocycles. The van der Waals surface area contributed by atoms with Gasteiger partial charge in [0.2, 0.25) is 30.1 Å². The lowest BCUT2D eigenvalue weighted by atomic mass is 10.0. The van der Waals surface area contributed by atoms with E-state index >= 15 is 0 Å². The third-order valence-corrected chi connectivity index (χ3v) is 23.5. The van der Waals surface area contributed by atoms with Crippen LogP contribution in [0.4, 0.5) is 0 Å². The zero-order valence-corrected chi connectivity index (χ0v) is 52.0. The van der Waals surface area contributed by atoms with E-state index in [2.05, 4.69) is 19.7 Å². The largest absolute Gasteiger partial charge is 0.619 e. The number of carbonyl (C=O) groups excluding carboxylic acids is 1. The van der Waals surface area contributed by atoms with Crippen molar-refractivity contribution in [3.8, 4) is 34.5 Å². The molecular formula is C54H66N8O17S6. The topological polar surface area (TPSA) is 354 Å². The Hall–Kier alpha value is -6.49. The summed E-state index contributed by atoms with van der Waals surface area (Å²) in [6.07, 6.45) is 7.83. The molecule has 460 valence electrons. The summed E-state index contributed by atoms with van der Waals surface area (Å²) >= 11 is 4.71. The number of aromatic nitrogens is 3. The van der Waals surface area contributed by atoms with Crippen molar-refractivity contribution in [3.05, 3.63) is 162 Å². The molecule has 3 aromatic heterocycles. The van der Waals surface area contributed by atoms with Crippen LogP contribution < -0.4 is 39.8 Å². The number of hydrogen-bond acceptors (Lipinski definition) is 20. The molecule has 0 saturated carbocycles. The van der Waals surface area contributed by atoms with Gasteiger partial charge in [-0.25, -0.2) is 36.6 Å². The number of sulfonamides is 3. The number of nitrogens with zero attached hydrogens (tertiary/aromatic N) is 6. The van der Waals surface area contributed by atoms with E-state index in [-0.39, 0.29) is 38.6 Å². The highest BCUT2D eigenvalue weighted by Crippen LogP contribution is 2.41. The summed E-state index contributed by atoms with van der Waals surface area (Å²) in [4.78, 5) is 24.3. The normalized spacial score (nSPS) is 19.6. The number of rotatable bonds is 14. The number of hydrogen-bond donors (Lipinski definition) is 5. The van der Waals surface area contributed by atoms with Gasteiger partial charge in [0.1, 0.15) is 46.6 Å². The van der Waals surface area contributed by atoms with Crippen molar-refractivity contribution in [1.29, 1.82) is 0 Å². The molecule has 3 atom stereocenters. The molecule has 0 spiro atoms. The standard InChI is InChI=1S/C18H21N3O6S2.C18H20N2O6S2.C18H22N2O4S2.H3NO/c1-18(2)16(17(22)19-23)21(11-12-28-18)29(25,26)15-5-3-13(4-6-15)27-14-7-9-20(24)10-8-14;1-18(2)16(17(21)22)20(11-12-27-18)28(24,25)15-5-3-13(4-6-15)26-14-7-9-19(23)10-8-14;1-14-18(2,3)25-13-12-20(14)26(22,23)17-6-4-15(5-7-17)24-16-8-10-19(21)11-9-16;1-2/h3-10,16,23H,11-12H2,1-2H3,(H,19,22);3-10,16H,11-12H2,1-2H3,(H,21,22);4-11,14H,12-13H2,1-3H3;2H,1H2/t2*16-;14-;/m000./s1. The van der Waals surface area contributed by atoms with E-state index < -0.39 is 63.5 Å². The summed E-state index contributed by atoms with van der Waals surface area (Å²) in [5.74, 6) is 6.06. The van der Waals surface area contributed by atoms with Gasteiger partial charge in [-0.05, 0) is 121 Å². The Kier molecular flexibility index (Phi) is 22.6. The number of aliphatic carboxylic acids is 1. The molecule has 0 bridgehead atoms. The minimum Gasteiger partial charge on any atom is -0.619 e. The number of carbonyl (C=O) groups is 2. The maximum absolute atomic E-state index is 13.2. The van der Waals surface area contributed by atoms with Crippen molar-refractivity contribution in [2.24, 2.45) is 5.90 Å². The number of nitrogens with one attached hydrogen (secondary N) is 1. The van der Waals surface area contributed by atoms with Gasteiger partial charge in [-0.1, -0.05) is 0 Å². The second kappa shape index (κ2) is 28.3. The van der Waals surface area contributed by atoms with Crippen LogP contribution in [0.15, 0.2) is 161 Å². The van der Waals surface area contributed by atoms with Gasteiger partial charge in [-0.15, -0.1) is 0 Å². The highest BCUT2D eigenvalue weighted by molar-refractivity contribution is 8.01. The first-order valence-electron chi connectivity index (χ1n) is 25.8. The lowest BCUT2D eigenvalue weighted by Crippen LogP contribution is -2.61. The summed E-state index contributed by atoms with van der Waals surface area (Å²) in [6, 6.07) is 24.6. The van der Waals surface area contributed by atoms with Crippen LogP contribution in [-0.2, 0) is 39.7 Å². The molecule has 3 aliphatic rings. The molecule has 3 aromatic carbocycles. The van der Waals surface area contributed by atoms with E-state index in [1.165, 1.54) is 134 Å². The summed E-state index contributed by atoms with van der Waals surface area (Å²) in [7, 11) is -11.5. The van der Waals surface area contributed by atoms with Gasteiger partial charge in [-0.2, -0.15) is 62.4 Å². The fourth-order valence-corrected chi connectivity index (χ4v) is 18.3. The van der Waals surface area contributed by atoms with E-state index in [0.29, 0.717) is 66.7 Å². The number of hydroxylamine groups is 1. The number of carboxylic acid groups (broad SMARTS) is 1. The average molecular weight is 1290 g/mol. The first-order chi connectivity index (χ1) is 40.0. The molecule has 3 aliphatic heterocycles. The summed E-state index contributed by atoms with van der Waals surface area (Å²) in [5, 5.41) is 58.4. The van der Waals surface area contributed by atoms with Gasteiger partial charge >= 0.3 is 5.97 Å². The lowest BCUT2D eigenvalue weighted by molar-refractivity contribution is -0.605. The number of thioether (sulfide) groups is 3. The van der Waals surface area contributed by atoms with Crippen molar-refractivity contribution >= 4 is 77.2 Å². The van der Waals surface area contributed by atoms with Crippen LogP contribution in [0.5, 0.6) is 34.5 Å². The molecule has 85 heavy (non-hydrogen) atoms. The SMILES string of the molecule is CC1(C)SCCN(S(=O)(=O)c2ccc(Oc3cc[n+]([O-])cc3)cc2)[C@H]1C(=O)NO.CC1(C)SCCN(S(=O)(=O)c2ccc(Oc3cc[n+]([O-])cc3)cc2)[C@H]1C(=O)O.C[C@@H]1N(S(=O)(=O)c2ccc(Oc3cc[n+]([O-])cc3)cc2)CCSC1(C)C.NO. The molecule has 31 heteroatoms. The number of benzene rings is 3. The molecular weight excluding hydrogens is 1230 g/mol. The van der Waals surface area contributed by atoms with E-state index in [0.717, 1.165) is 14.4 Å². The van der Waals surface area contributed by atoms with Gasteiger partial charge in [0.25, 0.3) is 5.91 Å². The predicted octanol–water partition coefficient (Wildman–Crippen LogP) is 5.94. The average Bonchev–Trinajstić information content (AvgIpc) is 2.75. The fourth-order valence-electron chi connectivity index (χ4n) is 9.00. The molecule has 0 radical (unpaired) electrons. The molecule has 9 rings (SSSR count). The maximum Gasteiger partial charge on any atom is 0.323 e. The Balaban J connectivity index is 0.000000201. The molecule has 0 aliphatic carbocycles. The number of carboxylic acids is 1. The van der Waals surface area contributed by atoms with E-state index in [1.54, 1.807) is 85.6 Å². The van der Waals surface area contributed by atoms with Gasteiger partial charge < -0.3 is 40.1 Å². The molecule has 1 amide bonds. The highest BCUT2D eigenvalue weighted by Gasteiger charge is 2.50. The Morgan fingerprint density at radius 1 is 0.494 bits per heavy atom. The van der Waals surface area contributed by atoms with E-state index in [1.807, 2.05) is 6.92 Å². The second-order valence-electron chi connectivity index (χ2n) is 20.4. The van der Waals surface area contributed by atoms with Gasteiger partial charge in [0.05, 0.1) is 14.7 Å². The summed E-state index contributed by atoms with van der Waals surface area (Å²) in [6.45, 7) is 13.9. The molecule has 25 nitrogen and oxygen atoms in total. The second-order valence-corrected chi connectivity index (χ2v) is 31.3. The van der Waals surface area contributed by atoms with Crippen LogP contribution in [0.1, 0.15) is 48.5 Å². The van der Waals surface area contributed by atoms with Crippen LogP contribution in [0.3, 0.4) is 0 Å². The van der Waals surface area contributed by atoms with Crippen LogP contribution in [-0.4, -0.2) is 135 Å². The zero-order chi connectivity index (χ0) is 62.7. The van der Waals surface area contributed by atoms with E-state index in [4.69, 9.17) is 24.6 Å². The molecule has 3 fully saturated rings. The van der Waals surface area contributed by atoms with Crippen LogP contribution in [0.2, 0.25) is 0 Å². The maximum atomic E-state index is 13.2. The van der Waals surface area contributed by atoms with Crippen LogP contribution >= 0.6 is 35.3 Å². The molecule has 6 heterocycles.